The van der Waals surface area contributed by atoms with Crippen LogP contribution in [0.1, 0.15) is 28.9 Å². The van der Waals surface area contributed by atoms with Crippen molar-refractivity contribution in [3.05, 3.63) is 46.1 Å². The lowest BCUT2D eigenvalue weighted by atomic mass is 10.1. The summed E-state index contributed by atoms with van der Waals surface area (Å²) < 4.78 is 0. The van der Waals surface area contributed by atoms with E-state index in [0.29, 0.717) is 0 Å². The third-order valence-electron chi connectivity index (χ3n) is 4.43. The fourth-order valence-electron chi connectivity index (χ4n) is 3.31. The molecule has 2 aliphatic heterocycles. The highest BCUT2D eigenvalue weighted by molar-refractivity contribution is 8.02. The second-order valence-corrected chi connectivity index (χ2v) is 8.24. The molecule has 0 amide bonds. The summed E-state index contributed by atoms with van der Waals surface area (Å²) in [5, 5.41) is 5.57. The molecule has 4 rings (SSSR count). The zero-order valence-electron chi connectivity index (χ0n) is 13.6. The van der Waals surface area contributed by atoms with E-state index in [9.17, 15) is 0 Å². The van der Waals surface area contributed by atoms with E-state index in [1.54, 1.807) is 23.1 Å². The van der Waals surface area contributed by atoms with E-state index in [0.717, 1.165) is 42.3 Å². The van der Waals surface area contributed by atoms with Gasteiger partial charge in [-0.05, 0) is 31.2 Å². The first-order valence-corrected chi connectivity index (χ1v) is 10.0. The van der Waals surface area contributed by atoms with Crippen LogP contribution in [0.25, 0.3) is 0 Å². The number of anilines is 2. The van der Waals surface area contributed by atoms with Crippen LogP contribution in [0.2, 0.25) is 0 Å². The van der Waals surface area contributed by atoms with Gasteiger partial charge in [0.25, 0.3) is 0 Å². The molecule has 0 radical (unpaired) electrons. The molecule has 4 heterocycles. The van der Waals surface area contributed by atoms with Crippen molar-refractivity contribution in [2.24, 2.45) is 5.73 Å². The zero-order chi connectivity index (χ0) is 16.5. The summed E-state index contributed by atoms with van der Waals surface area (Å²) in [5.74, 6) is 0. The number of pyridine rings is 1. The van der Waals surface area contributed by atoms with E-state index in [1.165, 1.54) is 5.69 Å². The van der Waals surface area contributed by atoms with Crippen molar-refractivity contribution in [3.63, 3.8) is 0 Å². The summed E-state index contributed by atoms with van der Waals surface area (Å²) in [4.78, 5) is 13.7. The fourth-order valence-corrected chi connectivity index (χ4v) is 4.95. The van der Waals surface area contributed by atoms with Gasteiger partial charge in [0.05, 0.1) is 28.3 Å². The predicted molar refractivity (Wildman–Crippen MR) is 102 cm³/mol. The first kappa shape index (κ1) is 15.9. The van der Waals surface area contributed by atoms with Gasteiger partial charge in [-0.15, -0.1) is 23.1 Å². The highest BCUT2D eigenvalue weighted by Crippen LogP contribution is 2.44. The molecule has 2 aromatic heterocycles. The third-order valence-corrected chi connectivity index (χ3v) is 6.22. The molecule has 1 saturated heterocycles. The smallest absolute Gasteiger partial charge is 0.127 e. The Bertz CT molecular complexity index is 744. The van der Waals surface area contributed by atoms with E-state index >= 15 is 0 Å². The van der Waals surface area contributed by atoms with Gasteiger partial charge < -0.3 is 15.5 Å². The summed E-state index contributed by atoms with van der Waals surface area (Å²) in [5.41, 5.74) is 9.64. The van der Waals surface area contributed by atoms with E-state index in [1.807, 2.05) is 12.4 Å². The van der Waals surface area contributed by atoms with Crippen LogP contribution >= 0.6 is 23.1 Å². The van der Waals surface area contributed by atoms with Gasteiger partial charge in [0, 0.05) is 36.9 Å². The molecule has 7 heteroatoms. The van der Waals surface area contributed by atoms with Crippen LogP contribution in [-0.2, 0) is 0 Å². The Morgan fingerprint density at radius 1 is 1.33 bits per heavy atom. The lowest BCUT2D eigenvalue weighted by molar-refractivity contribution is 0.506. The van der Waals surface area contributed by atoms with Crippen molar-refractivity contribution in [3.8, 4) is 0 Å². The molecule has 24 heavy (non-hydrogen) atoms. The van der Waals surface area contributed by atoms with Crippen molar-refractivity contribution >= 4 is 34.5 Å². The topological polar surface area (TPSA) is 58.3 Å². The summed E-state index contributed by atoms with van der Waals surface area (Å²) in [6.45, 7) is 4.01. The van der Waals surface area contributed by atoms with Crippen LogP contribution < -0.4 is 15.5 Å². The second kappa shape index (κ2) is 6.74. The number of nitrogens with zero attached hydrogens (tertiary/aromatic N) is 4. The monoisotopic (exact) mass is 359 g/mol. The maximum Gasteiger partial charge on any atom is 0.127 e. The van der Waals surface area contributed by atoms with Crippen molar-refractivity contribution < 1.29 is 0 Å². The van der Waals surface area contributed by atoms with Crippen LogP contribution in [-0.4, -0.2) is 29.1 Å². The minimum atomic E-state index is 0.177. The minimum absolute atomic E-state index is 0.177. The Morgan fingerprint density at radius 2 is 2.25 bits per heavy atom. The molecule has 5 nitrogen and oxygen atoms in total. The summed E-state index contributed by atoms with van der Waals surface area (Å²) in [6.07, 6.45) is 8.21. The number of thiazole rings is 1. The summed E-state index contributed by atoms with van der Waals surface area (Å²) in [7, 11) is 0. The molecule has 2 aliphatic rings. The molecule has 126 valence electrons. The molecular formula is C17H21N5S2. The van der Waals surface area contributed by atoms with Crippen LogP contribution in [0.3, 0.4) is 0 Å². The predicted octanol–water partition coefficient (Wildman–Crippen LogP) is 3.50. The van der Waals surface area contributed by atoms with Gasteiger partial charge in [-0.3, -0.25) is 4.98 Å². The van der Waals surface area contributed by atoms with Gasteiger partial charge in [0.1, 0.15) is 5.37 Å². The van der Waals surface area contributed by atoms with Gasteiger partial charge in [-0.1, -0.05) is 0 Å². The Labute approximate surface area is 150 Å². The Morgan fingerprint density at radius 3 is 3.04 bits per heavy atom. The second-order valence-electron chi connectivity index (χ2n) is 6.18. The van der Waals surface area contributed by atoms with Crippen molar-refractivity contribution in [1.82, 2.24) is 9.97 Å². The molecular weight excluding hydrogens is 338 g/mol. The van der Waals surface area contributed by atoms with Crippen LogP contribution in [0, 0.1) is 6.92 Å². The average molecular weight is 360 g/mol. The number of thioether (sulfide) groups is 1. The van der Waals surface area contributed by atoms with E-state index < -0.39 is 0 Å². The van der Waals surface area contributed by atoms with Crippen LogP contribution in [0.4, 0.5) is 11.4 Å². The van der Waals surface area contributed by atoms with Crippen molar-refractivity contribution in [2.45, 2.75) is 31.2 Å². The maximum absolute atomic E-state index is 6.19. The molecule has 0 aromatic carbocycles. The molecule has 1 fully saturated rings. The number of hydrogen-bond donors (Lipinski definition) is 1. The Hall–Kier alpha value is -1.57. The van der Waals surface area contributed by atoms with Crippen LogP contribution in [0.15, 0.2) is 35.4 Å². The quantitative estimate of drug-likeness (QED) is 0.905. The molecule has 2 atom stereocenters. The summed E-state index contributed by atoms with van der Waals surface area (Å²) in [6, 6.07) is 2.35. The lowest BCUT2D eigenvalue weighted by Gasteiger charge is -2.36. The Balaban J connectivity index is 1.67. The number of piperidine rings is 1. The number of nitrogens with two attached hydrogens (primary N) is 1. The normalized spacial score (nSPS) is 23.9. The number of aromatic nitrogens is 2. The third kappa shape index (κ3) is 3.03. The maximum atomic E-state index is 6.19. The minimum Gasteiger partial charge on any atom is -0.368 e. The average Bonchev–Trinajstić information content (AvgIpc) is 3.23. The van der Waals surface area contributed by atoms with E-state index in [2.05, 4.69) is 49.7 Å². The number of rotatable bonds is 3. The van der Waals surface area contributed by atoms with Gasteiger partial charge in [-0.2, -0.15) is 0 Å². The van der Waals surface area contributed by atoms with Gasteiger partial charge >= 0.3 is 0 Å². The molecule has 0 saturated carbocycles. The van der Waals surface area contributed by atoms with Gasteiger partial charge in [-0.25, -0.2) is 4.98 Å². The van der Waals surface area contributed by atoms with E-state index in [-0.39, 0.29) is 11.4 Å². The van der Waals surface area contributed by atoms with Gasteiger partial charge in [0.15, 0.2) is 0 Å². The first-order valence-electron chi connectivity index (χ1n) is 8.19. The Kier molecular flexibility index (Phi) is 4.47. The molecule has 2 aromatic rings. The fraction of sp³-hybridized carbons (Fsp3) is 0.412. The number of aryl methyl sites for hydroxylation is 1. The number of hydrogen-bond acceptors (Lipinski definition) is 7. The molecule has 1 unspecified atom stereocenters. The highest BCUT2D eigenvalue weighted by Gasteiger charge is 2.29. The summed E-state index contributed by atoms with van der Waals surface area (Å²) >= 11 is 3.49. The van der Waals surface area contributed by atoms with Crippen molar-refractivity contribution in [1.29, 1.82) is 0 Å². The lowest BCUT2D eigenvalue weighted by Crippen LogP contribution is -2.43. The highest BCUT2D eigenvalue weighted by atomic mass is 32.2. The molecule has 0 bridgehead atoms. The zero-order valence-corrected chi connectivity index (χ0v) is 15.3. The standard InChI is InChI=1S/C17H21N5S2/c1-12-20-14(11-24-12)17-22(7-8-23-17)16-9-19-5-4-15(16)21-6-2-3-13(18)10-21/h4-5,7-9,11,13,17H,2-3,6,10,18H2,1H3/t13?,17-/m0/s1. The molecule has 0 aliphatic carbocycles. The van der Waals surface area contributed by atoms with E-state index in [4.69, 9.17) is 5.73 Å². The van der Waals surface area contributed by atoms with Crippen molar-refractivity contribution in [2.75, 3.05) is 22.9 Å². The molecule has 2 N–H and O–H groups in total. The van der Waals surface area contributed by atoms with Crippen LogP contribution in [0.5, 0.6) is 0 Å². The largest absolute Gasteiger partial charge is 0.368 e. The first-order chi connectivity index (χ1) is 11.7. The van der Waals surface area contributed by atoms with Gasteiger partial charge in [0.2, 0.25) is 0 Å². The SMILES string of the molecule is Cc1nc([C@@H]2SC=CN2c2cnccc2N2CCCC(N)C2)cs1. The molecule has 0 spiro atoms.